The Kier molecular flexibility index (Phi) is 3.65. The summed E-state index contributed by atoms with van der Waals surface area (Å²) in [6.07, 6.45) is 4.09. The summed E-state index contributed by atoms with van der Waals surface area (Å²) in [5, 5.41) is 0. The second kappa shape index (κ2) is 5.81. The maximum atomic E-state index is 5.88. The van der Waals surface area contributed by atoms with Crippen molar-refractivity contribution in [2.75, 3.05) is 19.6 Å². The van der Waals surface area contributed by atoms with Crippen molar-refractivity contribution >= 4 is 11.2 Å². The standard InChI is InChI=1S/C18H22N4O/c1-3-21-11-8-14(9-12-21)17-20-15-5-4-10-19-18(15)22(17)16-7-6-13(2)23-16/h4-7,10,14H,3,8-9,11-12H2,1-2H3. The van der Waals surface area contributed by atoms with Crippen LogP contribution in [0.3, 0.4) is 0 Å². The summed E-state index contributed by atoms with van der Waals surface area (Å²) in [6, 6.07) is 7.97. The number of likely N-dealkylation sites (tertiary alicyclic amines) is 1. The molecule has 0 atom stereocenters. The Labute approximate surface area is 135 Å². The highest BCUT2D eigenvalue weighted by Crippen LogP contribution is 2.32. The molecule has 0 radical (unpaired) electrons. The van der Waals surface area contributed by atoms with Crippen molar-refractivity contribution < 1.29 is 4.42 Å². The lowest BCUT2D eigenvalue weighted by Crippen LogP contribution is -2.33. The number of nitrogens with zero attached hydrogens (tertiary/aromatic N) is 4. The maximum Gasteiger partial charge on any atom is 0.206 e. The molecule has 5 nitrogen and oxygen atoms in total. The van der Waals surface area contributed by atoms with Crippen molar-refractivity contribution in [1.29, 1.82) is 0 Å². The van der Waals surface area contributed by atoms with Gasteiger partial charge in [-0.2, -0.15) is 0 Å². The first-order valence-corrected chi connectivity index (χ1v) is 8.39. The molecule has 3 aromatic rings. The highest BCUT2D eigenvalue weighted by molar-refractivity contribution is 5.73. The normalized spacial score (nSPS) is 17.1. The monoisotopic (exact) mass is 310 g/mol. The maximum absolute atomic E-state index is 5.88. The molecule has 0 amide bonds. The average molecular weight is 310 g/mol. The van der Waals surface area contributed by atoms with Gasteiger partial charge in [0, 0.05) is 18.2 Å². The Morgan fingerprint density at radius 2 is 2.04 bits per heavy atom. The highest BCUT2D eigenvalue weighted by Gasteiger charge is 2.26. The van der Waals surface area contributed by atoms with Crippen molar-refractivity contribution in [3.8, 4) is 5.88 Å². The van der Waals surface area contributed by atoms with Crippen LogP contribution in [0.2, 0.25) is 0 Å². The minimum Gasteiger partial charge on any atom is -0.445 e. The zero-order valence-electron chi connectivity index (χ0n) is 13.7. The van der Waals surface area contributed by atoms with E-state index in [1.165, 1.54) is 0 Å². The van der Waals surface area contributed by atoms with E-state index in [-0.39, 0.29) is 0 Å². The van der Waals surface area contributed by atoms with Gasteiger partial charge < -0.3 is 9.32 Å². The van der Waals surface area contributed by atoms with Gasteiger partial charge in [-0.05, 0) is 57.6 Å². The number of aryl methyl sites for hydroxylation is 1. The van der Waals surface area contributed by atoms with Gasteiger partial charge in [0.05, 0.1) is 0 Å². The lowest BCUT2D eigenvalue weighted by Gasteiger charge is -2.30. The van der Waals surface area contributed by atoms with E-state index in [1.807, 2.05) is 37.4 Å². The van der Waals surface area contributed by atoms with E-state index in [4.69, 9.17) is 9.40 Å². The fourth-order valence-corrected chi connectivity index (χ4v) is 3.47. The first-order chi connectivity index (χ1) is 11.3. The van der Waals surface area contributed by atoms with E-state index in [0.29, 0.717) is 5.92 Å². The fraction of sp³-hybridized carbons (Fsp3) is 0.444. The lowest BCUT2D eigenvalue weighted by molar-refractivity contribution is 0.218. The summed E-state index contributed by atoms with van der Waals surface area (Å²) in [5.41, 5.74) is 1.82. The molecular formula is C18H22N4O. The molecule has 5 heteroatoms. The third-order valence-electron chi connectivity index (χ3n) is 4.79. The summed E-state index contributed by atoms with van der Waals surface area (Å²) in [5.74, 6) is 3.27. The molecule has 1 saturated heterocycles. The molecule has 4 heterocycles. The van der Waals surface area contributed by atoms with Crippen LogP contribution in [-0.4, -0.2) is 39.1 Å². The molecule has 0 N–H and O–H groups in total. The van der Waals surface area contributed by atoms with Gasteiger partial charge in [-0.3, -0.25) is 0 Å². The van der Waals surface area contributed by atoms with Crippen LogP contribution in [0.25, 0.3) is 17.0 Å². The molecule has 0 unspecified atom stereocenters. The van der Waals surface area contributed by atoms with E-state index >= 15 is 0 Å². The van der Waals surface area contributed by atoms with Crippen molar-refractivity contribution in [2.45, 2.75) is 32.6 Å². The number of imidazole rings is 1. The molecular weight excluding hydrogens is 288 g/mol. The second-order valence-corrected chi connectivity index (χ2v) is 6.24. The Balaban J connectivity index is 1.80. The van der Waals surface area contributed by atoms with Gasteiger partial charge in [-0.1, -0.05) is 6.92 Å². The fourth-order valence-electron chi connectivity index (χ4n) is 3.47. The van der Waals surface area contributed by atoms with Gasteiger partial charge in [-0.25, -0.2) is 14.5 Å². The summed E-state index contributed by atoms with van der Waals surface area (Å²) >= 11 is 0. The number of rotatable bonds is 3. The predicted molar refractivity (Wildman–Crippen MR) is 90.0 cm³/mol. The van der Waals surface area contributed by atoms with E-state index in [9.17, 15) is 0 Å². The van der Waals surface area contributed by atoms with Gasteiger partial charge >= 0.3 is 0 Å². The van der Waals surface area contributed by atoms with Gasteiger partial charge in [0.1, 0.15) is 17.1 Å². The molecule has 0 aromatic carbocycles. The van der Waals surface area contributed by atoms with Crippen LogP contribution in [0.5, 0.6) is 0 Å². The molecule has 1 aliphatic heterocycles. The smallest absolute Gasteiger partial charge is 0.206 e. The van der Waals surface area contributed by atoms with E-state index in [1.54, 1.807) is 0 Å². The number of hydrogen-bond donors (Lipinski definition) is 0. The van der Waals surface area contributed by atoms with E-state index < -0.39 is 0 Å². The molecule has 0 spiro atoms. The quantitative estimate of drug-likeness (QED) is 0.742. The van der Waals surface area contributed by atoms with Crippen LogP contribution in [0.1, 0.15) is 37.3 Å². The van der Waals surface area contributed by atoms with E-state index in [0.717, 1.165) is 61.1 Å². The molecule has 0 aliphatic carbocycles. The van der Waals surface area contributed by atoms with Gasteiger partial charge in [0.2, 0.25) is 5.88 Å². The molecule has 0 saturated carbocycles. The minimum atomic E-state index is 0.456. The first kappa shape index (κ1) is 14.5. The first-order valence-electron chi connectivity index (χ1n) is 8.39. The van der Waals surface area contributed by atoms with Gasteiger partial charge in [-0.15, -0.1) is 0 Å². The van der Waals surface area contributed by atoms with Crippen molar-refractivity contribution in [2.24, 2.45) is 0 Å². The molecule has 4 rings (SSSR count). The van der Waals surface area contributed by atoms with Crippen LogP contribution in [-0.2, 0) is 0 Å². The van der Waals surface area contributed by atoms with Gasteiger partial charge in [0.15, 0.2) is 5.65 Å². The van der Waals surface area contributed by atoms with E-state index in [2.05, 4.69) is 21.4 Å². The van der Waals surface area contributed by atoms with Crippen LogP contribution in [0, 0.1) is 6.92 Å². The Morgan fingerprint density at radius 1 is 1.22 bits per heavy atom. The van der Waals surface area contributed by atoms with Crippen LogP contribution in [0.4, 0.5) is 0 Å². The number of furan rings is 1. The molecule has 0 bridgehead atoms. The highest BCUT2D eigenvalue weighted by atomic mass is 16.4. The topological polar surface area (TPSA) is 47.1 Å². The number of piperidine rings is 1. The Morgan fingerprint density at radius 3 is 2.74 bits per heavy atom. The van der Waals surface area contributed by atoms with Crippen molar-refractivity contribution in [1.82, 2.24) is 19.4 Å². The molecule has 120 valence electrons. The van der Waals surface area contributed by atoms with Gasteiger partial charge in [0.25, 0.3) is 0 Å². The zero-order valence-corrected chi connectivity index (χ0v) is 13.7. The molecule has 1 fully saturated rings. The summed E-state index contributed by atoms with van der Waals surface area (Å²) < 4.78 is 7.99. The Hall–Kier alpha value is -2.14. The summed E-state index contributed by atoms with van der Waals surface area (Å²) in [7, 11) is 0. The number of fused-ring (bicyclic) bond motifs is 1. The number of hydrogen-bond acceptors (Lipinski definition) is 4. The van der Waals surface area contributed by atoms with Crippen molar-refractivity contribution in [3.63, 3.8) is 0 Å². The third-order valence-corrected chi connectivity index (χ3v) is 4.79. The predicted octanol–water partition coefficient (Wildman–Crippen LogP) is 3.52. The number of aromatic nitrogens is 3. The average Bonchev–Trinajstić information content (AvgIpc) is 3.18. The van der Waals surface area contributed by atoms with Crippen LogP contribution >= 0.6 is 0 Å². The third kappa shape index (κ3) is 2.55. The SMILES string of the molecule is CCN1CCC(c2nc3cccnc3n2-c2ccc(C)o2)CC1. The molecule has 3 aromatic heterocycles. The van der Waals surface area contributed by atoms with Crippen LogP contribution < -0.4 is 0 Å². The summed E-state index contributed by atoms with van der Waals surface area (Å²) in [4.78, 5) is 11.9. The van der Waals surface area contributed by atoms with Crippen LogP contribution in [0.15, 0.2) is 34.9 Å². The largest absolute Gasteiger partial charge is 0.445 e. The molecule has 1 aliphatic rings. The minimum absolute atomic E-state index is 0.456. The Bertz CT molecular complexity index is 811. The number of pyridine rings is 1. The lowest BCUT2D eigenvalue weighted by atomic mass is 9.96. The zero-order chi connectivity index (χ0) is 15.8. The molecule has 23 heavy (non-hydrogen) atoms. The summed E-state index contributed by atoms with van der Waals surface area (Å²) in [6.45, 7) is 7.59. The second-order valence-electron chi connectivity index (χ2n) is 6.24. The van der Waals surface area contributed by atoms with Crippen molar-refractivity contribution in [3.05, 3.63) is 42.0 Å².